The van der Waals surface area contributed by atoms with E-state index in [1.54, 1.807) is 0 Å². The van der Waals surface area contributed by atoms with Gasteiger partial charge in [-0.2, -0.15) is 42.1 Å². The number of aliphatic hydroxyl groups is 2. The molecule has 0 amide bonds. The molecule has 0 aliphatic carbocycles. The molecule has 250 valence electrons. The lowest BCUT2D eigenvalue weighted by Crippen LogP contribution is -2.63. The smallest absolute Gasteiger partial charge is 0.388 e. The van der Waals surface area contributed by atoms with E-state index in [0.29, 0.717) is 0 Å². The van der Waals surface area contributed by atoms with Crippen LogP contribution in [0.25, 0.3) is 0 Å². The normalized spacial score (nSPS) is 35.6. The number of hydrogen-bond donors (Lipinski definition) is 7. The largest absolute Gasteiger partial charge is 0.397 e. The number of ether oxygens (including phenoxy) is 3. The molecule has 0 aromatic carbocycles. The van der Waals surface area contributed by atoms with Gasteiger partial charge in [-0.3, -0.25) is 22.8 Å². The highest BCUT2D eigenvalue weighted by atomic mass is 32.3. The lowest BCUT2D eigenvalue weighted by atomic mass is 9.99. The molecule has 0 aromatic rings. The van der Waals surface area contributed by atoms with Crippen molar-refractivity contribution in [2.45, 2.75) is 68.3 Å². The Morgan fingerprint density at radius 2 is 0.929 bits per heavy atom. The highest BCUT2D eigenvalue weighted by Crippen LogP contribution is 2.32. The second kappa shape index (κ2) is 13.3. The first-order chi connectivity index (χ1) is 18.7. The van der Waals surface area contributed by atoms with Gasteiger partial charge in [-0.05, 0) is 6.92 Å². The fourth-order valence-corrected chi connectivity index (χ4v) is 6.07. The SMILES string of the molecule is C[C@H]1O[C@H](OC[C@H]2O[C@H](O)[C@H](OS(=O)(=O)O)[C@@H](OS(=O)(=O)O)[C@@H]2OS(=O)(=O)O)[C@H](OS(=O)(=O)O)[C@@H](OS(=O)(=O)O)[C@@H]1O. The third kappa shape index (κ3) is 11.9. The molecule has 2 aliphatic rings. The Kier molecular flexibility index (Phi) is 11.8. The maximum absolute atomic E-state index is 11.4. The number of hydrogen-bond acceptors (Lipinski definition) is 20. The average Bonchev–Trinajstić information content (AvgIpc) is 2.73. The first-order valence-corrected chi connectivity index (χ1v) is 17.1. The molecule has 2 rings (SSSR count). The van der Waals surface area contributed by atoms with Crippen molar-refractivity contribution in [3.8, 4) is 0 Å². The van der Waals surface area contributed by atoms with Crippen LogP contribution in [0.4, 0.5) is 0 Å². The van der Waals surface area contributed by atoms with E-state index in [1.165, 1.54) is 0 Å². The van der Waals surface area contributed by atoms with E-state index in [2.05, 4.69) is 20.9 Å². The van der Waals surface area contributed by atoms with Gasteiger partial charge in [-0.15, -0.1) is 0 Å². The topological polar surface area (TPSA) is 386 Å². The molecular formula is C12H22O25S5. The first-order valence-electron chi connectivity index (χ1n) is 10.2. The van der Waals surface area contributed by atoms with E-state index >= 15 is 0 Å². The van der Waals surface area contributed by atoms with Crippen LogP contribution in [-0.2, 0) is 87.1 Å². The third-order valence-electron chi connectivity index (χ3n) is 4.96. The summed E-state index contributed by atoms with van der Waals surface area (Å²) < 4.78 is 194. The van der Waals surface area contributed by atoms with Gasteiger partial charge < -0.3 is 24.4 Å². The lowest BCUT2D eigenvalue weighted by molar-refractivity contribution is -0.311. The highest BCUT2D eigenvalue weighted by molar-refractivity contribution is 7.81. The minimum absolute atomic E-state index is 1.00. The summed E-state index contributed by atoms with van der Waals surface area (Å²) in [4.78, 5) is 0. The van der Waals surface area contributed by atoms with Crippen LogP contribution in [0.3, 0.4) is 0 Å². The van der Waals surface area contributed by atoms with Gasteiger partial charge in [0, 0.05) is 0 Å². The summed E-state index contributed by atoms with van der Waals surface area (Å²) in [6, 6.07) is 0. The second-order valence-corrected chi connectivity index (χ2v) is 13.3. The lowest BCUT2D eigenvalue weighted by Gasteiger charge is -2.44. The first kappa shape index (κ1) is 37.3. The molecule has 0 bridgehead atoms. The van der Waals surface area contributed by atoms with Gasteiger partial charge in [0.05, 0.1) is 12.7 Å². The van der Waals surface area contributed by atoms with Gasteiger partial charge in [0.2, 0.25) is 0 Å². The van der Waals surface area contributed by atoms with Crippen molar-refractivity contribution in [2.75, 3.05) is 6.61 Å². The van der Waals surface area contributed by atoms with E-state index in [1.807, 2.05) is 0 Å². The van der Waals surface area contributed by atoms with Crippen LogP contribution in [0, 0.1) is 0 Å². The van der Waals surface area contributed by atoms with E-state index in [9.17, 15) is 52.3 Å². The van der Waals surface area contributed by atoms with Crippen molar-refractivity contribution in [2.24, 2.45) is 0 Å². The molecule has 7 N–H and O–H groups in total. The number of aliphatic hydroxyl groups excluding tert-OH is 2. The summed E-state index contributed by atoms with van der Waals surface area (Å²) in [6.07, 6.45) is -24.4. The van der Waals surface area contributed by atoms with Crippen molar-refractivity contribution in [3.05, 3.63) is 0 Å². The maximum atomic E-state index is 11.4. The van der Waals surface area contributed by atoms with Crippen LogP contribution in [0.5, 0.6) is 0 Å². The molecular weight excluding hydrogens is 704 g/mol. The zero-order valence-corrected chi connectivity index (χ0v) is 24.1. The fraction of sp³-hybridized carbons (Fsp3) is 1.00. The molecule has 42 heavy (non-hydrogen) atoms. The predicted molar refractivity (Wildman–Crippen MR) is 119 cm³/mol. The molecule has 2 saturated heterocycles. The second-order valence-electron chi connectivity index (χ2n) is 8.04. The minimum Gasteiger partial charge on any atom is -0.388 e. The summed E-state index contributed by atoms with van der Waals surface area (Å²) in [7, 11) is -28.1. The third-order valence-corrected chi connectivity index (χ3v) is 7.28. The average molecular weight is 727 g/mol. The van der Waals surface area contributed by atoms with Gasteiger partial charge in [0.25, 0.3) is 0 Å². The Bertz CT molecular complexity index is 1480. The summed E-state index contributed by atoms with van der Waals surface area (Å²) in [6.45, 7) is -0.359. The zero-order chi connectivity index (χ0) is 32.6. The van der Waals surface area contributed by atoms with Crippen molar-refractivity contribution >= 4 is 52.0 Å². The van der Waals surface area contributed by atoms with Gasteiger partial charge in [0.1, 0.15) is 30.5 Å². The van der Waals surface area contributed by atoms with E-state index < -0.39 is 120 Å². The van der Waals surface area contributed by atoms with Crippen LogP contribution in [0.15, 0.2) is 0 Å². The standard InChI is InChI=1S/C12H22O25S5/c1-3-5(13)7(34-39(18,19)20)10(37-42(27,28)29)12(31-3)30-2-4-6(33-38(15,16)17)8(35-40(21,22)23)9(11(14)32-4)36-41(24,25)26/h3-14H,2H2,1H3,(H,15,16,17)(H,18,19,20)(H,21,22,23)(H,24,25,26)(H,27,28,29)/t3-,4-,5-,6-,7+,8+,9-,10-,11+,12+/m1/s1. The van der Waals surface area contributed by atoms with Gasteiger partial charge >= 0.3 is 52.0 Å². The maximum Gasteiger partial charge on any atom is 0.397 e. The summed E-state index contributed by atoms with van der Waals surface area (Å²) in [5.41, 5.74) is 0. The predicted octanol–water partition coefficient (Wildman–Crippen LogP) is -5.23. The summed E-state index contributed by atoms with van der Waals surface area (Å²) in [5.74, 6) is 0. The molecule has 2 heterocycles. The molecule has 0 spiro atoms. The van der Waals surface area contributed by atoms with Crippen LogP contribution < -0.4 is 0 Å². The monoisotopic (exact) mass is 726 g/mol. The van der Waals surface area contributed by atoms with Gasteiger partial charge in [0.15, 0.2) is 24.8 Å². The molecule has 0 saturated carbocycles. The van der Waals surface area contributed by atoms with Gasteiger partial charge in [-0.25, -0.2) is 20.9 Å². The van der Waals surface area contributed by atoms with Crippen LogP contribution in [-0.4, -0.2) is 143 Å². The van der Waals surface area contributed by atoms with Crippen molar-refractivity contribution < 1.29 is 110 Å². The minimum atomic E-state index is -5.73. The van der Waals surface area contributed by atoms with E-state index in [0.717, 1.165) is 6.92 Å². The molecule has 0 radical (unpaired) electrons. The number of rotatable bonds is 13. The molecule has 10 atom stereocenters. The van der Waals surface area contributed by atoms with E-state index in [4.69, 9.17) is 37.0 Å². The Labute approximate surface area is 236 Å². The Morgan fingerprint density at radius 3 is 1.38 bits per heavy atom. The van der Waals surface area contributed by atoms with Crippen molar-refractivity contribution in [3.63, 3.8) is 0 Å². The highest BCUT2D eigenvalue weighted by Gasteiger charge is 2.55. The van der Waals surface area contributed by atoms with Crippen LogP contribution in [0.2, 0.25) is 0 Å². The Morgan fingerprint density at radius 1 is 0.548 bits per heavy atom. The summed E-state index contributed by atoms with van der Waals surface area (Å²) >= 11 is 0. The molecule has 2 fully saturated rings. The van der Waals surface area contributed by atoms with Crippen molar-refractivity contribution in [1.29, 1.82) is 0 Å². The summed E-state index contributed by atoms with van der Waals surface area (Å²) in [5, 5.41) is 20.3. The quantitative estimate of drug-likeness (QED) is 0.0871. The van der Waals surface area contributed by atoms with E-state index in [-0.39, 0.29) is 0 Å². The molecule has 30 heteroatoms. The molecule has 0 unspecified atom stereocenters. The fourth-order valence-electron chi connectivity index (χ4n) is 3.58. The molecule has 2 aliphatic heterocycles. The van der Waals surface area contributed by atoms with Crippen molar-refractivity contribution in [1.82, 2.24) is 0 Å². The molecule has 25 nitrogen and oxygen atoms in total. The van der Waals surface area contributed by atoms with Crippen LogP contribution in [0.1, 0.15) is 6.92 Å². The Balaban J connectivity index is 2.51. The molecule has 0 aromatic heterocycles. The van der Waals surface area contributed by atoms with Gasteiger partial charge in [-0.1, -0.05) is 0 Å². The van der Waals surface area contributed by atoms with Crippen LogP contribution >= 0.6 is 0 Å². The zero-order valence-electron chi connectivity index (χ0n) is 20.0. The Hall–Kier alpha value is -0.850.